The van der Waals surface area contributed by atoms with Gasteiger partial charge in [-0.2, -0.15) is 0 Å². The lowest BCUT2D eigenvalue weighted by Crippen LogP contribution is -2.21. The zero-order valence-corrected chi connectivity index (χ0v) is 13.7. The molecule has 7 heteroatoms. The number of fused-ring (bicyclic) bond motifs is 1. The SMILES string of the molecule is COC(=O)C(c1cccc(OC)c1)n1ccc2c([N+](=O)[O-])cccc21. The highest BCUT2D eigenvalue weighted by atomic mass is 16.6. The fraction of sp³-hybridized carbons (Fsp3) is 0.167. The van der Waals surface area contributed by atoms with Crippen LogP contribution >= 0.6 is 0 Å². The van der Waals surface area contributed by atoms with Crippen LogP contribution in [0.5, 0.6) is 5.75 Å². The molecule has 128 valence electrons. The van der Waals surface area contributed by atoms with Gasteiger partial charge in [-0.1, -0.05) is 18.2 Å². The van der Waals surface area contributed by atoms with Gasteiger partial charge >= 0.3 is 5.97 Å². The van der Waals surface area contributed by atoms with Gasteiger partial charge in [-0.3, -0.25) is 10.1 Å². The molecule has 0 radical (unpaired) electrons. The van der Waals surface area contributed by atoms with E-state index in [1.54, 1.807) is 60.3 Å². The second-order valence-electron chi connectivity index (χ2n) is 5.39. The monoisotopic (exact) mass is 340 g/mol. The van der Waals surface area contributed by atoms with E-state index >= 15 is 0 Å². The molecule has 1 aromatic heterocycles. The van der Waals surface area contributed by atoms with Gasteiger partial charge in [0.15, 0.2) is 6.04 Å². The minimum absolute atomic E-state index is 0.00879. The summed E-state index contributed by atoms with van der Waals surface area (Å²) >= 11 is 0. The molecule has 0 aliphatic carbocycles. The molecule has 1 unspecified atom stereocenters. The van der Waals surface area contributed by atoms with Crippen LogP contribution in [0.25, 0.3) is 10.9 Å². The highest BCUT2D eigenvalue weighted by molar-refractivity contribution is 5.91. The first-order valence-electron chi connectivity index (χ1n) is 7.52. The van der Waals surface area contributed by atoms with Crippen molar-refractivity contribution in [3.05, 3.63) is 70.4 Å². The molecule has 7 nitrogen and oxygen atoms in total. The number of nitro groups is 1. The number of carbonyl (C=O) groups excluding carboxylic acids is 1. The quantitative estimate of drug-likeness (QED) is 0.404. The number of nitrogens with zero attached hydrogens (tertiary/aromatic N) is 2. The van der Waals surface area contributed by atoms with Crippen molar-refractivity contribution in [1.82, 2.24) is 4.57 Å². The summed E-state index contributed by atoms with van der Waals surface area (Å²) in [5.74, 6) is 0.131. The topological polar surface area (TPSA) is 83.6 Å². The number of hydrogen-bond donors (Lipinski definition) is 0. The third kappa shape index (κ3) is 2.91. The number of ether oxygens (including phenoxy) is 2. The van der Waals surface area contributed by atoms with E-state index in [-0.39, 0.29) is 5.69 Å². The average molecular weight is 340 g/mol. The Balaban J connectivity index is 2.21. The molecule has 3 rings (SSSR count). The van der Waals surface area contributed by atoms with Crippen molar-refractivity contribution in [3.63, 3.8) is 0 Å². The lowest BCUT2D eigenvalue weighted by atomic mass is 10.1. The fourth-order valence-corrected chi connectivity index (χ4v) is 2.89. The van der Waals surface area contributed by atoms with Gasteiger partial charge in [0.05, 0.1) is 30.0 Å². The lowest BCUT2D eigenvalue weighted by Gasteiger charge is -2.19. The average Bonchev–Trinajstić information content (AvgIpc) is 3.05. The van der Waals surface area contributed by atoms with E-state index < -0.39 is 16.9 Å². The Morgan fingerprint density at radius 3 is 2.60 bits per heavy atom. The molecule has 1 atom stereocenters. The van der Waals surface area contributed by atoms with Crippen LogP contribution in [0.3, 0.4) is 0 Å². The zero-order chi connectivity index (χ0) is 18.0. The van der Waals surface area contributed by atoms with Crippen LogP contribution in [0, 0.1) is 10.1 Å². The maximum atomic E-state index is 12.5. The first-order chi connectivity index (χ1) is 12.1. The van der Waals surface area contributed by atoms with Crippen LogP contribution in [0.4, 0.5) is 5.69 Å². The molecule has 0 aliphatic heterocycles. The molecule has 0 saturated heterocycles. The Kier molecular flexibility index (Phi) is 4.38. The number of carbonyl (C=O) groups is 1. The van der Waals surface area contributed by atoms with Crippen molar-refractivity contribution < 1.29 is 19.2 Å². The molecule has 25 heavy (non-hydrogen) atoms. The highest BCUT2D eigenvalue weighted by Gasteiger charge is 2.26. The number of nitro benzene ring substituents is 1. The summed E-state index contributed by atoms with van der Waals surface area (Å²) < 4.78 is 11.8. The Morgan fingerprint density at radius 2 is 1.92 bits per heavy atom. The van der Waals surface area contributed by atoms with Gasteiger partial charge in [-0.15, -0.1) is 0 Å². The lowest BCUT2D eigenvalue weighted by molar-refractivity contribution is -0.383. The van der Waals surface area contributed by atoms with Crippen molar-refractivity contribution in [2.75, 3.05) is 14.2 Å². The summed E-state index contributed by atoms with van der Waals surface area (Å²) in [5, 5.41) is 11.7. The molecular formula is C18H16N2O5. The predicted molar refractivity (Wildman–Crippen MR) is 91.7 cm³/mol. The molecular weight excluding hydrogens is 324 g/mol. The Labute approximate surface area is 143 Å². The van der Waals surface area contributed by atoms with Crippen molar-refractivity contribution in [1.29, 1.82) is 0 Å². The second-order valence-corrected chi connectivity index (χ2v) is 5.39. The molecule has 0 N–H and O–H groups in total. The summed E-state index contributed by atoms with van der Waals surface area (Å²) in [6.07, 6.45) is 1.65. The van der Waals surface area contributed by atoms with Crippen LogP contribution in [0.2, 0.25) is 0 Å². The van der Waals surface area contributed by atoms with Gasteiger partial charge in [-0.25, -0.2) is 4.79 Å². The number of hydrogen-bond acceptors (Lipinski definition) is 5. The fourth-order valence-electron chi connectivity index (χ4n) is 2.89. The van der Waals surface area contributed by atoms with Gasteiger partial charge in [0.2, 0.25) is 0 Å². The van der Waals surface area contributed by atoms with Gasteiger partial charge in [0.25, 0.3) is 5.69 Å². The van der Waals surface area contributed by atoms with E-state index in [0.29, 0.717) is 22.2 Å². The molecule has 2 aromatic carbocycles. The van der Waals surface area contributed by atoms with Crippen LogP contribution in [0.1, 0.15) is 11.6 Å². The highest BCUT2D eigenvalue weighted by Crippen LogP contribution is 2.32. The number of non-ortho nitro benzene ring substituents is 1. The molecule has 0 fully saturated rings. The standard InChI is InChI=1S/C18H16N2O5/c1-24-13-6-3-5-12(11-13)17(18(21)25-2)19-10-9-14-15(19)7-4-8-16(14)20(22)23/h3-11,17H,1-2H3. The maximum absolute atomic E-state index is 12.5. The van der Waals surface area contributed by atoms with E-state index in [9.17, 15) is 14.9 Å². The number of aromatic nitrogens is 1. The van der Waals surface area contributed by atoms with Crippen LogP contribution in [-0.4, -0.2) is 29.7 Å². The normalized spacial score (nSPS) is 11.9. The molecule has 1 heterocycles. The third-order valence-corrected chi connectivity index (χ3v) is 4.05. The van der Waals surface area contributed by atoms with Crippen molar-refractivity contribution in [3.8, 4) is 5.75 Å². The number of methoxy groups -OCH3 is 2. The molecule has 0 saturated carbocycles. The second kappa shape index (κ2) is 6.64. The van der Waals surface area contributed by atoms with Crippen LogP contribution in [0.15, 0.2) is 54.7 Å². The largest absolute Gasteiger partial charge is 0.497 e. The summed E-state index contributed by atoms with van der Waals surface area (Å²) in [6.45, 7) is 0. The van der Waals surface area contributed by atoms with E-state index in [1.807, 2.05) is 0 Å². The first kappa shape index (κ1) is 16.5. The summed E-state index contributed by atoms with van der Waals surface area (Å²) in [5.41, 5.74) is 1.23. The Bertz CT molecular complexity index is 948. The number of rotatable bonds is 5. The van der Waals surface area contributed by atoms with Gasteiger partial charge < -0.3 is 14.0 Å². The Hall–Kier alpha value is -3.35. The number of benzene rings is 2. The molecule has 3 aromatic rings. The zero-order valence-electron chi connectivity index (χ0n) is 13.7. The number of esters is 1. The minimum Gasteiger partial charge on any atom is -0.497 e. The van der Waals surface area contributed by atoms with E-state index in [2.05, 4.69) is 0 Å². The van der Waals surface area contributed by atoms with Crippen molar-refractivity contribution in [2.45, 2.75) is 6.04 Å². The first-order valence-corrected chi connectivity index (χ1v) is 7.52. The summed E-state index contributed by atoms with van der Waals surface area (Å²) in [7, 11) is 2.85. The van der Waals surface area contributed by atoms with E-state index in [1.165, 1.54) is 13.2 Å². The summed E-state index contributed by atoms with van der Waals surface area (Å²) in [4.78, 5) is 23.2. The molecule has 0 bridgehead atoms. The molecule has 0 aliphatic rings. The van der Waals surface area contributed by atoms with E-state index in [4.69, 9.17) is 9.47 Å². The van der Waals surface area contributed by atoms with Gasteiger partial charge in [0, 0.05) is 12.3 Å². The maximum Gasteiger partial charge on any atom is 0.333 e. The smallest absolute Gasteiger partial charge is 0.333 e. The molecule has 0 amide bonds. The predicted octanol–water partition coefficient (Wildman–Crippen LogP) is 3.32. The Morgan fingerprint density at radius 1 is 1.16 bits per heavy atom. The minimum atomic E-state index is -0.778. The molecule has 0 spiro atoms. The van der Waals surface area contributed by atoms with Crippen LogP contribution < -0.4 is 4.74 Å². The third-order valence-electron chi connectivity index (χ3n) is 4.05. The summed E-state index contributed by atoms with van der Waals surface area (Å²) in [6, 6.07) is 12.7. The van der Waals surface area contributed by atoms with Gasteiger partial charge in [0.1, 0.15) is 5.75 Å². The van der Waals surface area contributed by atoms with Crippen molar-refractivity contribution in [2.24, 2.45) is 0 Å². The van der Waals surface area contributed by atoms with Crippen molar-refractivity contribution >= 4 is 22.6 Å². The van der Waals surface area contributed by atoms with Gasteiger partial charge in [-0.05, 0) is 29.8 Å². The van der Waals surface area contributed by atoms with Crippen LogP contribution in [-0.2, 0) is 9.53 Å². The van der Waals surface area contributed by atoms with E-state index in [0.717, 1.165) is 0 Å².